The Bertz CT molecular complexity index is 1130. The van der Waals surface area contributed by atoms with E-state index in [0.717, 1.165) is 16.8 Å². The summed E-state index contributed by atoms with van der Waals surface area (Å²) in [4.78, 5) is 26.8. The van der Waals surface area contributed by atoms with Crippen molar-refractivity contribution in [3.8, 4) is 5.75 Å². The Balaban J connectivity index is 1.85. The lowest BCUT2D eigenvalue weighted by Gasteiger charge is -2.40. The molecule has 2 aromatic rings. The molecule has 1 N–H and O–H groups in total. The molecule has 1 heterocycles. The molecule has 0 aromatic heterocycles. The van der Waals surface area contributed by atoms with E-state index in [2.05, 4.69) is 11.4 Å². The molecule has 0 spiro atoms. The number of nitrogens with one attached hydrogen (secondary N) is 1. The van der Waals surface area contributed by atoms with Gasteiger partial charge in [0.25, 0.3) is 0 Å². The predicted molar refractivity (Wildman–Crippen MR) is 128 cm³/mol. The first-order valence-electron chi connectivity index (χ1n) is 11.1. The lowest BCUT2D eigenvalue weighted by Crippen LogP contribution is -2.42. The molecule has 3 unspecified atom stereocenters. The third kappa shape index (κ3) is 4.55. The van der Waals surface area contributed by atoms with Gasteiger partial charge in [-0.2, -0.15) is 0 Å². The van der Waals surface area contributed by atoms with Crippen molar-refractivity contribution in [1.82, 2.24) is 5.32 Å². The molecule has 172 valence electrons. The minimum absolute atomic E-state index is 0.0659. The summed E-state index contributed by atoms with van der Waals surface area (Å²) in [7, 11) is 1.60. The van der Waals surface area contributed by atoms with Gasteiger partial charge < -0.3 is 14.8 Å². The first kappa shape index (κ1) is 23.1. The Labute approximate surface area is 199 Å². The number of rotatable bonds is 5. The number of carbonyl (C=O) groups is 2. The molecule has 0 fully saturated rings. The summed E-state index contributed by atoms with van der Waals surface area (Å²) in [5.74, 6) is -0.805. The number of methoxy groups -OCH3 is 1. The van der Waals surface area contributed by atoms with Crippen LogP contribution in [-0.2, 0) is 14.3 Å². The van der Waals surface area contributed by atoms with Crippen molar-refractivity contribution in [3.05, 3.63) is 87.7 Å². The lowest BCUT2D eigenvalue weighted by molar-refractivity contribution is -0.143. The van der Waals surface area contributed by atoms with Crippen molar-refractivity contribution in [3.63, 3.8) is 0 Å². The summed E-state index contributed by atoms with van der Waals surface area (Å²) >= 11 is 6.05. The standard InChI is InChI=1S/C27H28ClNO4/c1-15(2)33-27(31)24-16(3)29-21-13-18(17-9-11-19(28)12-10-17)14-22(30)26(21)25(24)20-7-5-6-8-23(20)32-4/h5-13,15,18,25-26,29H,14H2,1-4H3. The monoisotopic (exact) mass is 465 g/mol. The average Bonchev–Trinajstić information content (AvgIpc) is 2.77. The van der Waals surface area contributed by atoms with Gasteiger partial charge in [0.05, 0.1) is 24.7 Å². The highest BCUT2D eigenvalue weighted by Crippen LogP contribution is 2.48. The lowest BCUT2D eigenvalue weighted by atomic mass is 9.68. The van der Waals surface area contributed by atoms with Crippen molar-refractivity contribution in [2.24, 2.45) is 5.92 Å². The van der Waals surface area contributed by atoms with Crippen molar-refractivity contribution < 1.29 is 19.1 Å². The fourth-order valence-corrected chi connectivity index (χ4v) is 4.93. The molecule has 2 aliphatic rings. The van der Waals surface area contributed by atoms with E-state index in [1.807, 2.05) is 69.3 Å². The Hall–Kier alpha value is -3.05. The second-order valence-electron chi connectivity index (χ2n) is 8.77. The highest BCUT2D eigenvalue weighted by molar-refractivity contribution is 6.30. The second kappa shape index (κ2) is 9.44. The topological polar surface area (TPSA) is 64.6 Å². The summed E-state index contributed by atoms with van der Waals surface area (Å²) < 4.78 is 11.2. The van der Waals surface area contributed by atoms with Crippen LogP contribution in [0.3, 0.4) is 0 Å². The SMILES string of the molecule is COc1ccccc1C1C(C(=O)OC(C)C)=C(C)NC2=CC(c3ccc(Cl)cc3)CC(=O)C21. The molecule has 1 aliphatic heterocycles. The van der Waals surface area contributed by atoms with E-state index in [0.29, 0.717) is 28.5 Å². The van der Waals surface area contributed by atoms with Crippen LogP contribution in [0.5, 0.6) is 5.75 Å². The van der Waals surface area contributed by atoms with E-state index in [4.69, 9.17) is 21.1 Å². The molecule has 0 amide bonds. The zero-order valence-corrected chi connectivity index (χ0v) is 20.0. The van der Waals surface area contributed by atoms with Crippen LogP contribution in [0, 0.1) is 5.92 Å². The van der Waals surface area contributed by atoms with E-state index in [1.165, 1.54) is 0 Å². The molecule has 0 saturated carbocycles. The highest BCUT2D eigenvalue weighted by Gasteiger charge is 2.46. The Morgan fingerprint density at radius 2 is 1.79 bits per heavy atom. The van der Waals surface area contributed by atoms with Crippen LogP contribution in [0.2, 0.25) is 5.02 Å². The van der Waals surface area contributed by atoms with Gasteiger partial charge in [0.1, 0.15) is 11.5 Å². The van der Waals surface area contributed by atoms with E-state index >= 15 is 0 Å². The van der Waals surface area contributed by atoms with Crippen LogP contribution in [-0.4, -0.2) is 25.0 Å². The van der Waals surface area contributed by atoms with E-state index < -0.39 is 17.8 Å². The summed E-state index contributed by atoms with van der Waals surface area (Å²) in [6.45, 7) is 5.48. The minimum Gasteiger partial charge on any atom is -0.496 e. The van der Waals surface area contributed by atoms with Gasteiger partial charge in [-0.1, -0.05) is 48.0 Å². The maximum Gasteiger partial charge on any atom is 0.336 e. The molecule has 0 radical (unpaired) electrons. The number of ether oxygens (including phenoxy) is 2. The molecule has 0 bridgehead atoms. The molecular weight excluding hydrogens is 438 g/mol. The molecule has 1 aliphatic carbocycles. The minimum atomic E-state index is -0.525. The second-order valence-corrected chi connectivity index (χ2v) is 9.20. The molecule has 3 atom stereocenters. The largest absolute Gasteiger partial charge is 0.496 e. The van der Waals surface area contributed by atoms with Gasteiger partial charge in [-0.25, -0.2) is 4.79 Å². The Kier molecular flexibility index (Phi) is 6.61. The van der Waals surface area contributed by atoms with Crippen molar-refractivity contribution in [1.29, 1.82) is 0 Å². The zero-order valence-electron chi connectivity index (χ0n) is 19.2. The number of hydrogen-bond donors (Lipinski definition) is 1. The number of hydrogen-bond acceptors (Lipinski definition) is 5. The highest BCUT2D eigenvalue weighted by atomic mass is 35.5. The van der Waals surface area contributed by atoms with Gasteiger partial charge in [0.15, 0.2) is 0 Å². The zero-order chi connectivity index (χ0) is 23.7. The number of carbonyl (C=O) groups excluding carboxylic acids is 2. The van der Waals surface area contributed by atoms with Crippen molar-refractivity contribution >= 4 is 23.4 Å². The first-order valence-corrected chi connectivity index (χ1v) is 11.5. The van der Waals surface area contributed by atoms with Gasteiger partial charge in [-0.05, 0) is 44.5 Å². The van der Waals surface area contributed by atoms with Crippen LogP contribution in [0.15, 0.2) is 71.6 Å². The maximum atomic E-state index is 13.6. The number of allylic oxidation sites excluding steroid dienone is 3. The van der Waals surface area contributed by atoms with Gasteiger partial charge in [0.2, 0.25) is 0 Å². The van der Waals surface area contributed by atoms with Gasteiger partial charge in [-0.3, -0.25) is 4.79 Å². The fourth-order valence-electron chi connectivity index (χ4n) is 4.81. The fraction of sp³-hybridized carbons (Fsp3) is 0.333. The van der Waals surface area contributed by atoms with E-state index in [1.54, 1.807) is 7.11 Å². The number of ketones is 1. The van der Waals surface area contributed by atoms with Gasteiger partial charge >= 0.3 is 5.97 Å². The molecule has 0 saturated heterocycles. The van der Waals surface area contributed by atoms with E-state index in [-0.39, 0.29) is 17.8 Å². The third-order valence-corrected chi connectivity index (χ3v) is 6.45. The molecule has 2 aromatic carbocycles. The van der Waals surface area contributed by atoms with Crippen LogP contribution < -0.4 is 10.1 Å². The third-order valence-electron chi connectivity index (χ3n) is 6.20. The van der Waals surface area contributed by atoms with Crippen LogP contribution >= 0.6 is 11.6 Å². The molecule has 6 heteroatoms. The predicted octanol–water partition coefficient (Wildman–Crippen LogP) is 5.52. The molecule has 33 heavy (non-hydrogen) atoms. The summed E-state index contributed by atoms with van der Waals surface area (Å²) in [5.41, 5.74) is 3.78. The summed E-state index contributed by atoms with van der Waals surface area (Å²) in [6.07, 6.45) is 2.17. The molecular formula is C27H28ClNO4. The summed E-state index contributed by atoms with van der Waals surface area (Å²) in [5, 5.41) is 4.01. The summed E-state index contributed by atoms with van der Waals surface area (Å²) in [6, 6.07) is 15.1. The Morgan fingerprint density at radius 3 is 2.45 bits per heavy atom. The van der Waals surface area contributed by atoms with Crippen LogP contribution in [0.25, 0.3) is 0 Å². The molecule has 4 rings (SSSR count). The van der Waals surface area contributed by atoms with Crippen molar-refractivity contribution in [2.45, 2.75) is 45.1 Å². The number of para-hydroxylation sites is 1. The van der Waals surface area contributed by atoms with Crippen LogP contribution in [0.1, 0.15) is 50.2 Å². The average molecular weight is 466 g/mol. The quantitative estimate of drug-likeness (QED) is 0.589. The number of halogens is 1. The number of fused-ring (bicyclic) bond motifs is 1. The Morgan fingerprint density at radius 1 is 1.09 bits per heavy atom. The first-order chi connectivity index (χ1) is 15.8. The van der Waals surface area contributed by atoms with Gasteiger partial charge in [0, 0.05) is 40.2 Å². The molecule has 5 nitrogen and oxygen atoms in total. The van der Waals surface area contributed by atoms with Crippen molar-refractivity contribution in [2.75, 3.05) is 7.11 Å². The van der Waals surface area contributed by atoms with Crippen LogP contribution in [0.4, 0.5) is 0 Å². The number of esters is 1. The maximum absolute atomic E-state index is 13.6. The number of benzene rings is 2. The number of Topliss-reactive ketones (excluding diaryl/α,β-unsaturated/α-hetero) is 1. The van der Waals surface area contributed by atoms with E-state index in [9.17, 15) is 9.59 Å². The normalized spacial score (nSPS) is 22.4. The van der Waals surface area contributed by atoms with Gasteiger partial charge in [-0.15, -0.1) is 0 Å². The smallest absolute Gasteiger partial charge is 0.336 e.